The summed E-state index contributed by atoms with van der Waals surface area (Å²) in [5.74, 6) is 0.781. The van der Waals surface area contributed by atoms with Gasteiger partial charge < -0.3 is 28.1 Å². The molecule has 416 valence electrons. The van der Waals surface area contributed by atoms with Gasteiger partial charge in [0.25, 0.3) is 0 Å². The Labute approximate surface area is 500 Å². The Bertz CT molecular complexity index is 4690. The topological polar surface area (TPSA) is 77.0 Å². The zero-order valence-corrected chi connectivity index (χ0v) is 47.1. The highest BCUT2D eigenvalue weighted by Gasteiger charge is 2.55. The van der Waals surface area contributed by atoms with Crippen molar-refractivity contribution in [2.24, 2.45) is 0 Å². The summed E-state index contributed by atoms with van der Waals surface area (Å²) in [6, 6.07) is 86.9. The van der Waals surface area contributed by atoms with E-state index >= 15 is 8.78 Å². The Morgan fingerprint density at radius 3 is 1.09 bits per heavy atom. The lowest BCUT2D eigenvalue weighted by molar-refractivity contribution is 0.414. The number of nitrogens with zero attached hydrogens (tertiary/aromatic N) is 4. The molecule has 0 saturated heterocycles. The van der Waals surface area contributed by atoms with Gasteiger partial charge in [-0.15, -0.1) is 0 Å². The van der Waals surface area contributed by atoms with Crippen LogP contribution in [0.1, 0.15) is 22.3 Å². The maximum absolute atomic E-state index is 17.2. The zero-order valence-electron chi connectivity index (χ0n) is 47.1. The van der Waals surface area contributed by atoms with Crippen LogP contribution in [0.15, 0.2) is 276 Å². The van der Waals surface area contributed by atoms with E-state index < -0.39 is 17.0 Å². The summed E-state index contributed by atoms with van der Waals surface area (Å²) in [5.41, 5.74) is 16.0. The van der Waals surface area contributed by atoms with Gasteiger partial charge in [-0.05, 0) is 141 Å². The summed E-state index contributed by atoms with van der Waals surface area (Å²) in [6.45, 7) is 0. The smallest absolute Gasteiger partial charge is 0.231 e. The number of halogens is 2. The third kappa shape index (κ3) is 7.95. The molecule has 2 heterocycles. The molecular weight excluding hydrogens is 1080 g/mol. The molecule has 0 bridgehead atoms. The van der Waals surface area contributed by atoms with Crippen LogP contribution < -0.4 is 19.3 Å². The first-order chi connectivity index (χ1) is 42.9. The Morgan fingerprint density at radius 2 is 0.690 bits per heavy atom. The summed E-state index contributed by atoms with van der Waals surface area (Å²) in [7, 11) is 3.25. The Morgan fingerprint density at radius 1 is 0.345 bits per heavy atom. The number of hydrogen-bond donors (Lipinski definition) is 0. The van der Waals surface area contributed by atoms with Crippen molar-refractivity contribution in [3.05, 3.63) is 301 Å². The molecule has 0 amide bonds. The third-order valence-corrected chi connectivity index (χ3v) is 17.1. The second-order valence-corrected chi connectivity index (χ2v) is 21.7. The van der Waals surface area contributed by atoms with E-state index in [1.165, 1.54) is 12.1 Å². The van der Waals surface area contributed by atoms with Gasteiger partial charge in [0.1, 0.15) is 34.2 Å². The second kappa shape index (κ2) is 20.5. The maximum atomic E-state index is 17.2. The first-order valence-corrected chi connectivity index (χ1v) is 28.7. The van der Waals surface area contributed by atoms with Crippen molar-refractivity contribution in [2.45, 2.75) is 5.41 Å². The molecule has 0 fully saturated rings. The molecule has 2 aromatic heterocycles. The number of aromatic nitrogens is 2. The average Bonchev–Trinajstić information content (AvgIpc) is 1.50. The van der Waals surface area contributed by atoms with Crippen molar-refractivity contribution >= 4 is 56.3 Å². The minimum Gasteiger partial charge on any atom is -0.496 e. The van der Waals surface area contributed by atoms with E-state index in [9.17, 15) is 0 Å². The van der Waals surface area contributed by atoms with Crippen molar-refractivity contribution in [1.82, 2.24) is 9.97 Å². The van der Waals surface area contributed by atoms with E-state index in [2.05, 4.69) is 109 Å². The molecule has 10 heteroatoms. The molecule has 0 radical (unpaired) electrons. The van der Waals surface area contributed by atoms with E-state index in [-0.39, 0.29) is 11.8 Å². The van der Waals surface area contributed by atoms with Crippen molar-refractivity contribution < 1.29 is 27.1 Å². The predicted molar refractivity (Wildman–Crippen MR) is 342 cm³/mol. The normalized spacial score (nSPS) is 12.5. The lowest BCUT2D eigenvalue weighted by Crippen LogP contribution is -2.27. The Hall–Kier alpha value is -11.4. The fraction of sp³-hybridized carbons (Fsp3) is 0.0390. The van der Waals surface area contributed by atoms with Crippen LogP contribution in [0.2, 0.25) is 0 Å². The number of oxazole rings is 2. The minimum atomic E-state index is -1.16. The van der Waals surface area contributed by atoms with Gasteiger partial charge in [0.05, 0.1) is 53.5 Å². The third-order valence-electron chi connectivity index (χ3n) is 17.1. The van der Waals surface area contributed by atoms with Crippen LogP contribution in [0.3, 0.4) is 0 Å². The number of methoxy groups -OCH3 is 2. The van der Waals surface area contributed by atoms with Gasteiger partial charge in [-0.1, -0.05) is 182 Å². The first-order valence-electron chi connectivity index (χ1n) is 28.7. The summed E-state index contributed by atoms with van der Waals surface area (Å²) in [6.07, 6.45) is 0. The Kier molecular flexibility index (Phi) is 12.1. The van der Waals surface area contributed by atoms with Gasteiger partial charge >= 0.3 is 0 Å². The molecule has 1 spiro atoms. The van der Waals surface area contributed by atoms with Crippen molar-refractivity contribution in [3.63, 3.8) is 0 Å². The molecular formula is C77H50F2N4O4. The van der Waals surface area contributed by atoms with E-state index in [1.807, 2.05) is 131 Å². The van der Waals surface area contributed by atoms with Crippen LogP contribution in [-0.2, 0) is 5.41 Å². The van der Waals surface area contributed by atoms with Crippen LogP contribution in [-0.4, -0.2) is 24.2 Å². The first kappa shape index (κ1) is 51.3. The standard InChI is InChI=1S/C77H50F2N4O4/c1-84-67-35-19-11-27-55(67)75-80-71-65(82(63-33-17-15-31-61(63)78)51-41-37-49(38-42-51)47-21-5-3-6-22-47)45-59-69(73(71)86-75)70-60(77(59)57-29-13-9-25-53(57)54-26-10-14-30-58(54)77)46-66(72-74(70)87-76(81-72)56-28-12-20-36-68(56)85-2)83(64-34-18-16-32-62(64)79)52-43-39-50(40-44-52)48-23-7-4-8-24-48/h3-46H,1-2H3. The quantitative estimate of drug-likeness (QED) is 0.120. The van der Waals surface area contributed by atoms with E-state index in [1.54, 1.807) is 38.5 Å². The average molecular weight is 1130 g/mol. The summed E-state index contributed by atoms with van der Waals surface area (Å²) >= 11 is 0. The molecule has 8 nitrogen and oxygen atoms in total. The molecule has 2 aliphatic rings. The summed E-state index contributed by atoms with van der Waals surface area (Å²) in [5, 5.41) is 0. The predicted octanol–water partition coefficient (Wildman–Crippen LogP) is 20.2. The van der Waals surface area contributed by atoms with Crippen molar-refractivity contribution in [3.8, 4) is 78.9 Å². The molecule has 0 saturated carbocycles. The lowest BCUT2D eigenvalue weighted by Gasteiger charge is -2.33. The molecule has 2 aliphatic carbocycles. The number of anilines is 6. The zero-order chi connectivity index (χ0) is 58.3. The molecule has 0 aliphatic heterocycles. The second-order valence-electron chi connectivity index (χ2n) is 21.7. The van der Waals surface area contributed by atoms with Crippen molar-refractivity contribution in [1.29, 1.82) is 0 Å². The van der Waals surface area contributed by atoms with Crippen LogP contribution >= 0.6 is 0 Å². The number of ether oxygens (including phenoxy) is 2. The fourth-order valence-electron chi connectivity index (χ4n) is 13.3. The Balaban J connectivity index is 1.07. The number of benzene rings is 12. The van der Waals surface area contributed by atoms with E-state index in [0.717, 1.165) is 55.6 Å². The number of hydrogen-bond acceptors (Lipinski definition) is 8. The fourth-order valence-corrected chi connectivity index (χ4v) is 13.3. The number of para-hydroxylation sites is 4. The van der Waals surface area contributed by atoms with E-state index in [0.29, 0.717) is 90.1 Å². The summed E-state index contributed by atoms with van der Waals surface area (Å²) < 4.78 is 61.4. The number of rotatable bonds is 12. The number of fused-ring (bicyclic) bond motifs is 14. The minimum absolute atomic E-state index is 0.282. The van der Waals surface area contributed by atoms with E-state index in [4.69, 9.17) is 28.3 Å². The van der Waals surface area contributed by atoms with Gasteiger partial charge in [0, 0.05) is 22.5 Å². The van der Waals surface area contributed by atoms with Gasteiger partial charge in [0.15, 0.2) is 11.2 Å². The molecule has 12 aromatic carbocycles. The van der Waals surface area contributed by atoms with Crippen LogP contribution in [0.5, 0.6) is 11.5 Å². The van der Waals surface area contributed by atoms with Crippen LogP contribution in [0.4, 0.5) is 42.9 Å². The van der Waals surface area contributed by atoms with Gasteiger partial charge in [0.2, 0.25) is 11.8 Å². The summed E-state index contributed by atoms with van der Waals surface area (Å²) in [4.78, 5) is 14.9. The molecule has 0 unspecified atom stereocenters. The van der Waals surface area contributed by atoms with Crippen molar-refractivity contribution in [2.75, 3.05) is 24.0 Å². The van der Waals surface area contributed by atoms with Gasteiger partial charge in [-0.3, -0.25) is 0 Å². The molecule has 0 atom stereocenters. The van der Waals surface area contributed by atoms with Crippen LogP contribution in [0, 0.1) is 11.6 Å². The highest BCUT2D eigenvalue weighted by molar-refractivity contribution is 6.16. The van der Waals surface area contributed by atoms with Crippen LogP contribution in [0.25, 0.3) is 89.6 Å². The SMILES string of the molecule is COc1ccccc1-c1nc2c(N(c3ccc(-c4ccccc4)cc3)c3ccccc3F)cc3c(c2o1)-c1c(cc(N(c2ccc(-c4ccccc4)cc2)c2ccccc2F)c2nc(-c4ccccc4OC)oc12)C31c2ccccc2-c2ccccc21. The highest BCUT2D eigenvalue weighted by atomic mass is 19.1. The van der Waals surface area contributed by atoms with Gasteiger partial charge in [-0.2, -0.15) is 0 Å². The molecule has 14 aromatic rings. The van der Waals surface area contributed by atoms with Gasteiger partial charge in [-0.25, -0.2) is 18.7 Å². The maximum Gasteiger partial charge on any atom is 0.231 e. The highest BCUT2D eigenvalue weighted by Crippen LogP contribution is 2.67. The lowest BCUT2D eigenvalue weighted by atomic mass is 9.70. The monoisotopic (exact) mass is 1130 g/mol. The molecule has 87 heavy (non-hydrogen) atoms. The molecule has 16 rings (SSSR count). The molecule has 0 N–H and O–H groups in total. The largest absolute Gasteiger partial charge is 0.496 e.